The van der Waals surface area contributed by atoms with Crippen molar-refractivity contribution >= 4 is 56.8 Å². The highest BCUT2D eigenvalue weighted by molar-refractivity contribution is 14.1. The normalized spacial score (nSPS) is 47.6. The van der Waals surface area contributed by atoms with Crippen molar-refractivity contribution in [3.63, 3.8) is 0 Å². The minimum atomic E-state index is 0.442. The van der Waals surface area contributed by atoms with Crippen LogP contribution in [0.25, 0.3) is 0 Å². The predicted molar refractivity (Wildman–Crippen MR) is 54.5 cm³/mol. The van der Waals surface area contributed by atoms with E-state index in [4.69, 9.17) is 11.6 Å². The molecule has 1 fully saturated rings. The molecule has 0 N–H and O–H groups in total. The second-order valence-corrected chi connectivity index (χ2v) is 5.65. The van der Waals surface area contributed by atoms with Crippen LogP contribution in [0, 0.1) is 0 Å². The molecule has 0 saturated heterocycles. The summed E-state index contributed by atoms with van der Waals surface area (Å²) in [6, 6.07) is 0. The fraction of sp³-hybridized carbons (Fsp3) is 1.00. The fourth-order valence-electron chi connectivity index (χ4n) is 0.863. The van der Waals surface area contributed by atoms with E-state index in [1.54, 1.807) is 0 Å². The van der Waals surface area contributed by atoms with Gasteiger partial charge in [-0.1, -0.05) is 45.2 Å². The number of hydrogen-bond acceptors (Lipinski definition) is 0. The molecule has 8 heavy (non-hydrogen) atoms. The first-order valence-corrected chi connectivity index (χ1v) is 5.57. The van der Waals surface area contributed by atoms with Crippen molar-refractivity contribution in [2.75, 3.05) is 0 Å². The van der Waals surface area contributed by atoms with Crippen LogP contribution < -0.4 is 0 Å². The maximum atomic E-state index is 5.95. The van der Waals surface area contributed by atoms with Crippen LogP contribution in [-0.2, 0) is 0 Å². The van der Waals surface area contributed by atoms with Crippen molar-refractivity contribution in [3.05, 3.63) is 0 Å². The van der Waals surface area contributed by atoms with Gasteiger partial charge in [-0.3, -0.25) is 0 Å². The van der Waals surface area contributed by atoms with Crippen LogP contribution in [0.3, 0.4) is 0 Å². The van der Waals surface area contributed by atoms with Crippen LogP contribution in [0.15, 0.2) is 0 Å². The van der Waals surface area contributed by atoms with E-state index in [1.807, 2.05) is 0 Å². The Morgan fingerprint density at radius 3 is 2.00 bits per heavy atom. The lowest BCUT2D eigenvalue weighted by atomic mass is 10.4. The van der Waals surface area contributed by atoms with E-state index in [0.29, 0.717) is 9.30 Å². The molecule has 0 spiro atoms. The van der Waals surface area contributed by atoms with Gasteiger partial charge in [-0.05, 0) is 12.8 Å². The summed E-state index contributed by atoms with van der Waals surface area (Å²) in [5, 5.41) is 0.442. The van der Waals surface area contributed by atoms with E-state index in [2.05, 4.69) is 45.2 Å². The molecule has 0 radical (unpaired) electrons. The summed E-state index contributed by atoms with van der Waals surface area (Å²) in [7, 11) is 0. The van der Waals surface area contributed by atoms with E-state index >= 15 is 0 Å². The SMILES string of the molecule is ClC1CCC(I)C1I. The minimum Gasteiger partial charge on any atom is -0.122 e. The first-order valence-electron chi connectivity index (χ1n) is 2.64. The van der Waals surface area contributed by atoms with Crippen molar-refractivity contribution < 1.29 is 0 Å². The molecule has 0 aromatic rings. The lowest BCUT2D eigenvalue weighted by Crippen LogP contribution is -2.12. The van der Waals surface area contributed by atoms with Crippen molar-refractivity contribution in [2.45, 2.75) is 26.1 Å². The Bertz CT molecular complexity index is 76.5. The maximum absolute atomic E-state index is 5.95. The van der Waals surface area contributed by atoms with Gasteiger partial charge in [-0.25, -0.2) is 0 Å². The average molecular weight is 356 g/mol. The lowest BCUT2D eigenvalue weighted by molar-refractivity contribution is 0.903. The molecule has 3 heteroatoms. The Morgan fingerprint density at radius 1 is 1.25 bits per heavy atom. The molecule has 1 rings (SSSR count). The largest absolute Gasteiger partial charge is 0.122 e. The average Bonchev–Trinajstić information content (AvgIpc) is 1.98. The maximum Gasteiger partial charge on any atom is 0.0464 e. The molecule has 0 bridgehead atoms. The van der Waals surface area contributed by atoms with E-state index in [-0.39, 0.29) is 0 Å². The van der Waals surface area contributed by atoms with Crippen LogP contribution in [0.2, 0.25) is 0 Å². The molecule has 48 valence electrons. The van der Waals surface area contributed by atoms with Gasteiger partial charge >= 0.3 is 0 Å². The molecule has 3 unspecified atom stereocenters. The Labute approximate surface area is 82.0 Å². The third kappa shape index (κ3) is 1.62. The van der Waals surface area contributed by atoms with Crippen molar-refractivity contribution in [2.24, 2.45) is 0 Å². The summed E-state index contributed by atoms with van der Waals surface area (Å²) in [6.45, 7) is 0. The molecule has 0 amide bonds. The Morgan fingerprint density at radius 2 is 1.88 bits per heavy atom. The summed E-state index contributed by atoms with van der Waals surface area (Å²) in [4.78, 5) is 0. The monoisotopic (exact) mass is 356 g/mol. The molecule has 0 aromatic heterocycles. The zero-order valence-corrected chi connectivity index (χ0v) is 9.35. The van der Waals surface area contributed by atoms with Crippen LogP contribution in [-0.4, -0.2) is 13.2 Å². The number of alkyl halides is 3. The molecule has 0 heterocycles. The predicted octanol–water partition coefficient (Wildman–Crippen LogP) is 2.99. The summed E-state index contributed by atoms with van der Waals surface area (Å²) in [6.07, 6.45) is 2.52. The van der Waals surface area contributed by atoms with Crippen LogP contribution in [0.4, 0.5) is 0 Å². The molecule has 0 nitrogen and oxygen atoms in total. The first kappa shape index (κ1) is 7.85. The molecule has 0 aromatic carbocycles. The van der Waals surface area contributed by atoms with E-state index < -0.39 is 0 Å². The van der Waals surface area contributed by atoms with Crippen molar-refractivity contribution in [1.82, 2.24) is 0 Å². The van der Waals surface area contributed by atoms with Gasteiger partial charge in [-0.15, -0.1) is 11.6 Å². The summed E-state index contributed by atoms with van der Waals surface area (Å²) < 4.78 is 1.52. The van der Waals surface area contributed by atoms with Gasteiger partial charge in [0.2, 0.25) is 0 Å². The molecular weight excluding hydrogens is 349 g/mol. The van der Waals surface area contributed by atoms with Gasteiger partial charge in [0.25, 0.3) is 0 Å². The number of halogens is 3. The third-order valence-corrected chi connectivity index (χ3v) is 6.83. The summed E-state index contributed by atoms with van der Waals surface area (Å²) in [5.74, 6) is 0. The zero-order valence-electron chi connectivity index (χ0n) is 4.28. The number of rotatable bonds is 0. The van der Waals surface area contributed by atoms with Crippen LogP contribution >= 0.6 is 56.8 Å². The zero-order chi connectivity index (χ0) is 6.15. The third-order valence-electron chi connectivity index (χ3n) is 1.41. The van der Waals surface area contributed by atoms with E-state index in [0.717, 1.165) is 3.92 Å². The van der Waals surface area contributed by atoms with Crippen molar-refractivity contribution in [3.8, 4) is 0 Å². The lowest BCUT2D eigenvalue weighted by Gasteiger charge is -2.06. The van der Waals surface area contributed by atoms with E-state index in [1.165, 1.54) is 12.8 Å². The summed E-state index contributed by atoms with van der Waals surface area (Å²) in [5.41, 5.74) is 0. The Kier molecular flexibility index (Phi) is 3.17. The molecule has 3 atom stereocenters. The quantitative estimate of drug-likeness (QED) is 0.462. The Hall–Kier alpha value is 1.75. The van der Waals surface area contributed by atoms with Gasteiger partial charge in [-0.2, -0.15) is 0 Å². The van der Waals surface area contributed by atoms with Crippen LogP contribution in [0.1, 0.15) is 12.8 Å². The highest BCUT2D eigenvalue weighted by Crippen LogP contribution is 2.35. The smallest absolute Gasteiger partial charge is 0.0464 e. The van der Waals surface area contributed by atoms with E-state index in [9.17, 15) is 0 Å². The highest BCUT2D eigenvalue weighted by atomic mass is 127. The second kappa shape index (κ2) is 3.23. The molecule has 1 saturated carbocycles. The van der Waals surface area contributed by atoms with Gasteiger partial charge in [0.15, 0.2) is 0 Å². The molecule has 1 aliphatic carbocycles. The van der Waals surface area contributed by atoms with Gasteiger partial charge in [0.05, 0.1) is 0 Å². The van der Waals surface area contributed by atoms with Gasteiger partial charge < -0.3 is 0 Å². The van der Waals surface area contributed by atoms with Crippen LogP contribution in [0.5, 0.6) is 0 Å². The summed E-state index contributed by atoms with van der Waals surface area (Å²) >= 11 is 10.9. The first-order chi connectivity index (χ1) is 3.72. The second-order valence-electron chi connectivity index (χ2n) is 2.05. The number of hydrogen-bond donors (Lipinski definition) is 0. The molecule has 1 aliphatic rings. The Balaban J connectivity index is 2.44. The van der Waals surface area contributed by atoms with Crippen molar-refractivity contribution in [1.29, 1.82) is 0 Å². The highest BCUT2D eigenvalue weighted by Gasteiger charge is 2.30. The topological polar surface area (TPSA) is 0 Å². The molecule has 0 aliphatic heterocycles. The fourth-order valence-corrected chi connectivity index (χ4v) is 2.99. The van der Waals surface area contributed by atoms with Gasteiger partial charge in [0, 0.05) is 13.2 Å². The minimum absolute atomic E-state index is 0.442. The standard InChI is InChI=1S/C5H7ClI2/c6-3-1-2-4(7)5(3)8/h3-5H,1-2H2. The van der Waals surface area contributed by atoms with Gasteiger partial charge in [0.1, 0.15) is 0 Å². The molecular formula is C5H7ClI2.